The molecule has 0 radical (unpaired) electrons. The molecule has 2 aromatic carbocycles. The van der Waals surface area contributed by atoms with E-state index in [-0.39, 0.29) is 28.7 Å². The minimum absolute atomic E-state index is 0.0590. The van der Waals surface area contributed by atoms with E-state index in [0.717, 1.165) is 18.2 Å². The molecule has 3 aromatic rings. The van der Waals surface area contributed by atoms with Crippen molar-refractivity contribution in [2.75, 3.05) is 32.8 Å². The number of carbonyl (C=O) groups excluding carboxylic acids is 2. The summed E-state index contributed by atoms with van der Waals surface area (Å²) in [6.07, 6.45) is -3.21. The number of nitrogens with zero attached hydrogens (tertiary/aromatic N) is 4. The van der Waals surface area contributed by atoms with Gasteiger partial charge in [-0.1, -0.05) is 11.6 Å². The number of H-pyrrole nitrogens is 1. The normalized spacial score (nSPS) is 20.3. The third-order valence-electron chi connectivity index (χ3n) is 6.92. The predicted octanol–water partition coefficient (Wildman–Crippen LogP) is 4.02. The molecule has 36 heavy (non-hydrogen) atoms. The Morgan fingerprint density at radius 3 is 2.39 bits per heavy atom. The summed E-state index contributed by atoms with van der Waals surface area (Å²) in [7, 11) is 0. The van der Waals surface area contributed by atoms with Crippen LogP contribution in [0.25, 0.3) is 11.0 Å². The molecule has 8 nitrogen and oxygen atoms in total. The Morgan fingerprint density at radius 2 is 1.69 bits per heavy atom. The quantitative estimate of drug-likeness (QED) is 0.560. The molecule has 0 spiro atoms. The molecule has 2 atom stereocenters. The van der Waals surface area contributed by atoms with Crippen molar-refractivity contribution in [3.05, 3.63) is 52.5 Å². The number of fused-ring (bicyclic) bond motifs is 2. The highest BCUT2D eigenvalue weighted by molar-refractivity contribution is 6.30. The van der Waals surface area contributed by atoms with Crippen molar-refractivity contribution >= 4 is 34.4 Å². The van der Waals surface area contributed by atoms with Crippen LogP contribution in [0.4, 0.5) is 13.2 Å². The Kier molecular flexibility index (Phi) is 6.50. The topological polar surface area (TPSA) is 91.4 Å². The van der Waals surface area contributed by atoms with Crippen LogP contribution in [0.1, 0.15) is 28.8 Å². The molecule has 3 heterocycles. The molecule has 1 N–H and O–H groups in total. The number of carbonyl (C=O) groups is 2. The van der Waals surface area contributed by atoms with Crippen LogP contribution in [0.5, 0.6) is 5.75 Å². The number of benzene rings is 2. The molecule has 2 fully saturated rings. The molecule has 2 amide bonds. The zero-order valence-corrected chi connectivity index (χ0v) is 19.8. The Morgan fingerprint density at radius 1 is 1.00 bits per heavy atom. The van der Waals surface area contributed by atoms with E-state index in [2.05, 4.69) is 15.4 Å². The van der Waals surface area contributed by atoms with Crippen molar-refractivity contribution in [1.29, 1.82) is 0 Å². The number of rotatable bonds is 4. The molecule has 12 heteroatoms. The number of ether oxygens (including phenoxy) is 1. The number of aromatic nitrogens is 3. The summed E-state index contributed by atoms with van der Waals surface area (Å²) in [6, 6.07) is 8.26. The van der Waals surface area contributed by atoms with Crippen LogP contribution in [-0.2, 0) is 11.0 Å². The lowest BCUT2D eigenvalue weighted by Gasteiger charge is -2.23. The highest BCUT2D eigenvalue weighted by Gasteiger charge is 2.38. The van der Waals surface area contributed by atoms with E-state index in [4.69, 9.17) is 16.3 Å². The van der Waals surface area contributed by atoms with Crippen molar-refractivity contribution in [1.82, 2.24) is 25.2 Å². The second-order valence-electron chi connectivity index (χ2n) is 9.14. The van der Waals surface area contributed by atoms with Crippen molar-refractivity contribution in [3.63, 3.8) is 0 Å². The minimum atomic E-state index is -4.62. The van der Waals surface area contributed by atoms with Gasteiger partial charge in [0.25, 0.3) is 11.8 Å². The molecular weight excluding hydrogens is 499 g/mol. The number of hydrogen-bond acceptors (Lipinski definition) is 5. The second kappa shape index (κ2) is 9.61. The van der Waals surface area contributed by atoms with Crippen molar-refractivity contribution in [3.8, 4) is 5.75 Å². The van der Waals surface area contributed by atoms with Gasteiger partial charge >= 0.3 is 6.18 Å². The maximum Gasteiger partial charge on any atom is 0.419 e. The highest BCUT2D eigenvalue weighted by atomic mass is 35.5. The number of halogens is 4. The van der Waals surface area contributed by atoms with Gasteiger partial charge in [-0.2, -0.15) is 28.6 Å². The van der Waals surface area contributed by atoms with E-state index in [1.54, 1.807) is 23.1 Å². The van der Waals surface area contributed by atoms with Gasteiger partial charge in [-0.25, -0.2) is 0 Å². The summed E-state index contributed by atoms with van der Waals surface area (Å²) >= 11 is 5.82. The summed E-state index contributed by atoms with van der Waals surface area (Å²) in [4.78, 5) is 29.3. The summed E-state index contributed by atoms with van der Waals surface area (Å²) in [5, 5.41) is 10.7. The fourth-order valence-corrected chi connectivity index (χ4v) is 5.16. The molecule has 1 aromatic heterocycles. The van der Waals surface area contributed by atoms with Crippen molar-refractivity contribution < 1.29 is 27.5 Å². The fourth-order valence-electron chi connectivity index (χ4n) is 5.00. The standard InChI is InChI=1S/C24H23ClF3N5O3/c25-17-2-3-18(24(26,27)28)21(10-17)36-13-22(34)32-7-5-15-11-33(12-16(15)6-8-32)23(35)14-1-4-19-20(9-14)30-31-29-19/h1-4,9-10,15-16H,5-8,11-13H2,(H,29,30,31). The van der Waals surface area contributed by atoms with Crippen LogP contribution >= 0.6 is 11.6 Å². The SMILES string of the molecule is O=C(COc1cc(Cl)ccc1C(F)(F)F)N1CCC2CN(C(=O)c3ccc4n[nH]nc4c3)CC2CC1. The van der Waals surface area contributed by atoms with Gasteiger partial charge in [0.15, 0.2) is 6.61 Å². The molecule has 2 aliphatic rings. The first-order chi connectivity index (χ1) is 17.2. The van der Waals surface area contributed by atoms with Gasteiger partial charge in [0.2, 0.25) is 0 Å². The molecule has 2 saturated heterocycles. The average Bonchev–Trinajstić information content (AvgIpc) is 3.43. The van der Waals surface area contributed by atoms with E-state index >= 15 is 0 Å². The zero-order valence-electron chi connectivity index (χ0n) is 19.1. The van der Waals surface area contributed by atoms with Crippen LogP contribution in [0.2, 0.25) is 5.02 Å². The first-order valence-electron chi connectivity index (χ1n) is 11.6. The van der Waals surface area contributed by atoms with Gasteiger partial charge in [-0.05, 0) is 61.1 Å². The number of likely N-dealkylation sites (tertiary alicyclic amines) is 2. The monoisotopic (exact) mass is 521 g/mol. The summed E-state index contributed by atoms with van der Waals surface area (Å²) in [6.45, 7) is 1.59. The van der Waals surface area contributed by atoms with Gasteiger partial charge in [-0.3, -0.25) is 9.59 Å². The van der Waals surface area contributed by atoms with E-state index in [1.165, 1.54) is 0 Å². The van der Waals surface area contributed by atoms with Crippen molar-refractivity contribution in [2.45, 2.75) is 19.0 Å². The lowest BCUT2D eigenvalue weighted by Crippen LogP contribution is -2.37. The van der Waals surface area contributed by atoms with Crippen LogP contribution in [0.3, 0.4) is 0 Å². The molecule has 0 saturated carbocycles. The smallest absolute Gasteiger partial charge is 0.419 e. The highest BCUT2D eigenvalue weighted by Crippen LogP contribution is 2.38. The lowest BCUT2D eigenvalue weighted by molar-refractivity contribution is -0.141. The summed E-state index contributed by atoms with van der Waals surface area (Å²) in [5.74, 6) is -0.414. The first-order valence-corrected chi connectivity index (χ1v) is 11.9. The maximum absolute atomic E-state index is 13.2. The number of amides is 2. The Labute approximate surface area is 209 Å². The van der Waals surface area contributed by atoms with E-state index in [1.807, 2.05) is 4.90 Å². The Hall–Kier alpha value is -3.34. The first kappa shape index (κ1) is 24.4. The van der Waals surface area contributed by atoms with Gasteiger partial charge in [0, 0.05) is 36.8 Å². The van der Waals surface area contributed by atoms with Crippen LogP contribution in [-0.4, -0.2) is 69.8 Å². The minimum Gasteiger partial charge on any atom is -0.483 e. The van der Waals surface area contributed by atoms with Gasteiger partial charge in [-0.15, -0.1) is 0 Å². The summed E-state index contributed by atoms with van der Waals surface area (Å²) in [5.41, 5.74) is 0.904. The fraction of sp³-hybridized carbons (Fsp3) is 0.417. The second-order valence-corrected chi connectivity index (χ2v) is 9.58. The predicted molar refractivity (Wildman–Crippen MR) is 125 cm³/mol. The van der Waals surface area contributed by atoms with E-state index < -0.39 is 24.1 Å². The third kappa shape index (κ3) is 4.97. The number of alkyl halides is 3. The molecule has 5 rings (SSSR count). The largest absolute Gasteiger partial charge is 0.483 e. The molecule has 0 bridgehead atoms. The molecule has 190 valence electrons. The van der Waals surface area contributed by atoms with Gasteiger partial charge in [0.05, 0.1) is 5.56 Å². The summed E-state index contributed by atoms with van der Waals surface area (Å²) < 4.78 is 45.0. The zero-order chi connectivity index (χ0) is 25.4. The lowest BCUT2D eigenvalue weighted by atomic mass is 9.92. The van der Waals surface area contributed by atoms with Crippen molar-refractivity contribution in [2.24, 2.45) is 11.8 Å². The molecule has 2 unspecified atom stereocenters. The molecular formula is C24H23ClF3N5O3. The number of aromatic amines is 1. The number of nitrogens with one attached hydrogen (secondary N) is 1. The molecule has 2 aliphatic heterocycles. The number of hydrogen-bond donors (Lipinski definition) is 1. The van der Waals surface area contributed by atoms with Crippen LogP contribution < -0.4 is 4.74 Å². The molecule has 0 aliphatic carbocycles. The Balaban J connectivity index is 1.17. The van der Waals surface area contributed by atoms with Crippen LogP contribution in [0.15, 0.2) is 36.4 Å². The Bertz CT molecular complexity index is 1280. The third-order valence-corrected chi connectivity index (χ3v) is 7.15. The van der Waals surface area contributed by atoms with E-state index in [9.17, 15) is 22.8 Å². The maximum atomic E-state index is 13.2. The van der Waals surface area contributed by atoms with Crippen LogP contribution in [0, 0.1) is 11.8 Å². The van der Waals surface area contributed by atoms with Gasteiger partial charge < -0.3 is 14.5 Å². The van der Waals surface area contributed by atoms with E-state index in [0.29, 0.717) is 55.6 Å². The van der Waals surface area contributed by atoms with Gasteiger partial charge in [0.1, 0.15) is 16.8 Å². The average molecular weight is 522 g/mol.